The topological polar surface area (TPSA) is 73.3 Å². The monoisotopic (exact) mass is 419 g/mol. The molecule has 31 heavy (non-hydrogen) atoms. The normalized spacial score (nSPS) is 10.4. The summed E-state index contributed by atoms with van der Waals surface area (Å²) in [6.07, 6.45) is 2.69. The molecule has 1 N–H and O–H groups in total. The van der Waals surface area contributed by atoms with Gasteiger partial charge in [0.1, 0.15) is 17.3 Å². The maximum atomic E-state index is 13.6. The lowest BCUT2D eigenvalue weighted by Gasteiger charge is -2.09. The molecular formula is C23H15F2N3O3. The Labute approximate surface area is 176 Å². The minimum atomic E-state index is -0.536. The minimum Gasteiger partial charge on any atom is -0.457 e. The molecule has 0 unspecified atom stereocenters. The highest BCUT2D eigenvalue weighted by atomic mass is 19.1. The van der Waals surface area contributed by atoms with E-state index < -0.39 is 11.7 Å². The van der Waals surface area contributed by atoms with Crippen molar-refractivity contribution in [3.63, 3.8) is 0 Å². The fraction of sp³-hybridized carbons (Fsp3) is 0. The molecule has 6 nitrogen and oxygen atoms in total. The van der Waals surface area contributed by atoms with E-state index in [0.717, 1.165) is 0 Å². The molecule has 4 rings (SSSR count). The molecule has 0 fully saturated rings. The quantitative estimate of drug-likeness (QED) is 0.441. The Hall–Kier alpha value is -4.33. The molecule has 0 bridgehead atoms. The number of halogens is 2. The van der Waals surface area contributed by atoms with Gasteiger partial charge in [-0.3, -0.25) is 4.79 Å². The van der Waals surface area contributed by atoms with E-state index in [9.17, 15) is 13.6 Å². The fourth-order valence-electron chi connectivity index (χ4n) is 2.60. The lowest BCUT2D eigenvalue weighted by molar-refractivity contribution is 0.102. The Bertz CT molecular complexity index is 1200. The Kier molecular flexibility index (Phi) is 5.79. The summed E-state index contributed by atoms with van der Waals surface area (Å²) >= 11 is 0. The number of ether oxygens (including phenoxy) is 2. The number of para-hydroxylation sites is 1. The van der Waals surface area contributed by atoms with Crippen molar-refractivity contribution in [2.24, 2.45) is 0 Å². The number of benzene rings is 3. The van der Waals surface area contributed by atoms with E-state index in [-0.39, 0.29) is 17.6 Å². The summed E-state index contributed by atoms with van der Waals surface area (Å²) in [6.45, 7) is 0. The van der Waals surface area contributed by atoms with Crippen molar-refractivity contribution in [3.05, 3.63) is 102 Å². The third-order valence-electron chi connectivity index (χ3n) is 4.07. The van der Waals surface area contributed by atoms with Crippen molar-refractivity contribution in [1.29, 1.82) is 0 Å². The molecule has 4 aromatic rings. The molecule has 1 aromatic heterocycles. The Morgan fingerprint density at radius 1 is 0.806 bits per heavy atom. The largest absolute Gasteiger partial charge is 0.457 e. The smallest absolute Gasteiger partial charge is 0.322 e. The molecule has 0 aliphatic rings. The van der Waals surface area contributed by atoms with Crippen LogP contribution in [0.3, 0.4) is 0 Å². The van der Waals surface area contributed by atoms with Crippen molar-refractivity contribution in [2.45, 2.75) is 0 Å². The van der Waals surface area contributed by atoms with Gasteiger partial charge in [0, 0.05) is 5.56 Å². The van der Waals surface area contributed by atoms with Gasteiger partial charge in [0.25, 0.3) is 5.91 Å². The lowest BCUT2D eigenvalue weighted by atomic mass is 10.2. The van der Waals surface area contributed by atoms with Crippen LogP contribution in [-0.4, -0.2) is 15.9 Å². The number of hydrogen-bond donors (Lipinski definition) is 1. The van der Waals surface area contributed by atoms with Gasteiger partial charge in [0.15, 0.2) is 11.6 Å². The first-order valence-electron chi connectivity index (χ1n) is 9.16. The lowest BCUT2D eigenvalue weighted by Crippen LogP contribution is -2.12. The molecule has 154 valence electrons. The first-order chi connectivity index (χ1) is 15.1. The minimum absolute atomic E-state index is 0.00254. The van der Waals surface area contributed by atoms with E-state index in [0.29, 0.717) is 22.7 Å². The molecule has 8 heteroatoms. The first kappa shape index (κ1) is 20.0. The van der Waals surface area contributed by atoms with Gasteiger partial charge in [-0.2, -0.15) is 0 Å². The molecule has 0 atom stereocenters. The summed E-state index contributed by atoms with van der Waals surface area (Å²) in [6, 6.07) is 17.9. The Morgan fingerprint density at radius 3 is 2.29 bits per heavy atom. The number of nitrogens with zero attached hydrogens (tertiary/aromatic N) is 2. The highest BCUT2D eigenvalue weighted by molar-refractivity contribution is 6.04. The van der Waals surface area contributed by atoms with Gasteiger partial charge in [-0.1, -0.05) is 18.2 Å². The number of hydrogen-bond acceptors (Lipinski definition) is 5. The van der Waals surface area contributed by atoms with Gasteiger partial charge in [-0.25, -0.2) is 18.7 Å². The average molecular weight is 419 g/mol. The van der Waals surface area contributed by atoms with Crippen LogP contribution in [0.4, 0.5) is 14.5 Å². The van der Waals surface area contributed by atoms with Gasteiger partial charge in [0.05, 0.1) is 18.1 Å². The zero-order valence-electron chi connectivity index (χ0n) is 16.0. The maximum Gasteiger partial charge on any atom is 0.322 e. The molecule has 0 radical (unpaired) electrons. The van der Waals surface area contributed by atoms with Gasteiger partial charge in [0.2, 0.25) is 0 Å². The van der Waals surface area contributed by atoms with Crippen LogP contribution in [0.15, 0.2) is 85.2 Å². The fourth-order valence-corrected chi connectivity index (χ4v) is 2.60. The third kappa shape index (κ3) is 5.18. The van der Waals surface area contributed by atoms with Gasteiger partial charge in [-0.15, -0.1) is 0 Å². The molecular weight excluding hydrogens is 404 g/mol. The standard InChI is InChI=1S/C23H15F2N3O3/c24-16-8-10-18(11-9-16)30-19-5-3-4-15(12-19)22(29)28-17-13-26-23(27-14-17)31-21-7-2-1-6-20(21)25/h1-14H,(H,28,29). The summed E-state index contributed by atoms with van der Waals surface area (Å²) in [7, 11) is 0. The van der Waals surface area contributed by atoms with Crippen LogP contribution in [0.5, 0.6) is 23.3 Å². The molecule has 3 aromatic carbocycles. The summed E-state index contributed by atoms with van der Waals surface area (Å²) in [5, 5.41) is 2.66. The van der Waals surface area contributed by atoms with Crippen LogP contribution in [-0.2, 0) is 0 Å². The number of carbonyl (C=O) groups excluding carboxylic acids is 1. The van der Waals surface area contributed by atoms with Crippen molar-refractivity contribution >= 4 is 11.6 Å². The second-order valence-corrected chi connectivity index (χ2v) is 6.32. The van der Waals surface area contributed by atoms with Crippen LogP contribution in [0, 0.1) is 11.6 Å². The number of nitrogens with one attached hydrogen (secondary N) is 1. The van der Waals surface area contributed by atoms with E-state index in [1.165, 1.54) is 48.8 Å². The number of amides is 1. The molecule has 1 heterocycles. The number of anilines is 1. The van der Waals surface area contributed by atoms with Crippen LogP contribution in [0.25, 0.3) is 0 Å². The second kappa shape index (κ2) is 9.00. The molecule has 1 amide bonds. The first-order valence-corrected chi connectivity index (χ1v) is 9.16. The van der Waals surface area contributed by atoms with Crippen LogP contribution in [0.1, 0.15) is 10.4 Å². The van der Waals surface area contributed by atoms with E-state index in [2.05, 4.69) is 15.3 Å². The average Bonchev–Trinajstić information content (AvgIpc) is 2.78. The summed E-state index contributed by atoms with van der Waals surface area (Å²) in [4.78, 5) is 20.5. The van der Waals surface area contributed by atoms with E-state index in [1.54, 1.807) is 36.4 Å². The zero-order chi connectivity index (χ0) is 21.6. The highest BCUT2D eigenvalue weighted by Gasteiger charge is 2.10. The van der Waals surface area contributed by atoms with Crippen molar-refractivity contribution in [1.82, 2.24) is 9.97 Å². The van der Waals surface area contributed by atoms with Gasteiger partial charge >= 0.3 is 6.01 Å². The predicted octanol–water partition coefficient (Wildman–Crippen LogP) is 5.59. The Morgan fingerprint density at radius 2 is 1.55 bits per heavy atom. The molecule has 0 spiro atoms. The SMILES string of the molecule is O=C(Nc1cnc(Oc2ccccc2F)nc1)c1cccc(Oc2ccc(F)cc2)c1. The molecule has 0 saturated heterocycles. The Balaban J connectivity index is 1.41. The molecule has 0 saturated carbocycles. The number of aromatic nitrogens is 2. The van der Waals surface area contributed by atoms with E-state index >= 15 is 0 Å². The van der Waals surface area contributed by atoms with Crippen molar-refractivity contribution in [3.8, 4) is 23.3 Å². The van der Waals surface area contributed by atoms with Crippen LogP contribution in [0.2, 0.25) is 0 Å². The molecule has 0 aliphatic heterocycles. The second-order valence-electron chi connectivity index (χ2n) is 6.32. The van der Waals surface area contributed by atoms with Crippen molar-refractivity contribution in [2.75, 3.05) is 5.32 Å². The predicted molar refractivity (Wildman–Crippen MR) is 109 cm³/mol. The number of rotatable bonds is 6. The number of carbonyl (C=O) groups is 1. The van der Waals surface area contributed by atoms with E-state index in [4.69, 9.17) is 9.47 Å². The van der Waals surface area contributed by atoms with Crippen LogP contribution < -0.4 is 14.8 Å². The summed E-state index contributed by atoms with van der Waals surface area (Å²) in [5.74, 6) is -0.450. The summed E-state index contributed by atoms with van der Waals surface area (Å²) in [5.41, 5.74) is 0.669. The van der Waals surface area contributed by atoms with Crippen molar-refractivity contribution < 1.29 is 23.0 Å². The third-order valence-corrected chi connectivity index (χ3v) is 4.07. The highest BCUT2D eigenvalue weighted by Crippen LogP contribution is 2.24. The summed E-state index contributed by atoms with van der Waals surface area (Å²) < 4.78 is 37.6. The van der Waals surface area contributed by atoms with Crippen LogP contribution >= 0.6 is 0 Å². The molecule has 0 aliphatic carbocycles. The van der Waals surface area contributed by atoms with Gasteiger partial charge < -0.3 is 14.8 Å². The maximum absolute atomic E-state index is 13.6. The van der Waals surface area contributed by atoms with E-state index in [1.807, 2.05) is 0 Å². The van der Waals surface area contributed by atoms with Gasteiger partial charge in [-0.05, 0) is 54.6 Å². The zero-order valence-corrected chi connectivity index (χ0v) is 16.0.